The number of ether oxygens (including phenoxy) is 3. The van der Waals surface area contributed by atoms with Crippen LogP contribution in [0, 0.1) is 17.8 Å². The number of pyridine rings is 1. The molecule has 4 amide bonds. The minimum atomic E-state index is -4.10. The second-order valence-electron chi connectivity index (χ2n) is 18.1. The quantitative estimate of drug-likeness (QED) is 0.281. The van der Waals surface area contributed by atoms with E-state index in [2.05, 4.69) is 10.0 Å². The third kappa shape index (κ3) is 7.95. The third-order valence-electron chi connectivity index (χ3n) is 13.2. The molecule has 2 saturated carbocycles. The van der Waals surface area contributed by atoms with Gasteiger partial charge in [0.05, 0.1) is 25.0 Å². The van der Waals surface area contributed by atoms with Crippen LogP contribution in [0.25, 0.3) is 10.8 Å². The maximum Gasteiger partial charge on any atom is 0.408 e. The van der Waals surface area contributed by atoms with Gasteiger partial charge in [-0.05, 0) is 108 Å². The molecular formula is C42H55F2N5O10S. The number of nitrogens with one attached hydrogen (secondary N) is 2. The molecule has 0 unspecified atom stereocenters. The van der Waals surface area contributed by atoms with Gasteiger partial charge in [0.15, 0.2) is 0 Å². The predicted octanol–water partition coefficient (Wildman–Crippen LogP) is 5.19. The lowest BCUT2D eigenvalue weighted by Gasteiger charge is -2.44. The number of carbonyl (C=O) groups excluding carboxylic acids is 3. The van der Waals surface area contributed by atoms with Crippen molar-refractivity contribution in [3.8, 4) is 17.5 Å². The van der Waals surface area contributed by atoms with Crippen LogP contribution in [0.2, 0.25) is 0 Å². The number of rotatable bonds is 9. The lowest BCUT2D eigenvalue weighted by Crippen LogP contribution is -2.64. The van der Waals surface area contributed by atoms with E-state index in [-0.39, 0.29) is 31.2 Å². The van der Waals surface area contributed by atoms with Crippen molar-refractivity contribution in [2.45, 2.75) is 133 Å². The first kappa shape index (κ1) is 43.4. The number of fused-ring (bicyclic) bond motifs is 5. The van der Waals surface area contributed by atoms with Crippen LogP contribution in [0.5, 0.6) is 17.5 Å². The third-order valence-corrected chi connectivity index (χ3v) is 15.3. The Kier molecular flexibility index (Phi) is 11.5. The van der Waals surface area contributed by atoms with Crippen LogP contribution in [-0.2, 0) is 30.8 Å². The average molecular weight is 860 g/mol. The molecular weight excluding hydrogens is 805 g/mol. The van der Waals surface area contributed by atoms with E-state index in [4.69, 9.17) is 19.2 Å². The van der Waals surface area contributed by atoms with Gasteiger partial charge in [-0.3, -0.25) is 24.0 Å². The van der Waals surface area contributed by atoms with E-state index < -0.39 is 86.1 Å². The highest BCUT2D eigenvalue weighted by atomic mass is 32.2. The maximum absolute atomic E-state index is 15.1. The van der Waals surface area contributed by atoms with E-state index in [0.29, 0.717) is 67.0 Å². The molecule has 2 aromatic rings. The van der Waals surface area contributed by atoms with Crippen molar-refractivity contribution in [2.75, 3.05) is 20.3 Å². The number of methoxy groups -OCH3 is 1. The average Bonchev–Trinajstić information content (AvgIpc) is 4.07. The first-order valence-electron chi connectivity index (χ1n) is 20.7. The van der Waals surface area contributed by atoms with Crippen molar-refractivity contribution >= 4 is 44.6 Å². The van der Waals surface area contributed by atoms with Gasteiger partial charge in [0, 0.05) is 23.3 Å². The van der Waals surface area contributed by atoms with Gasteiger partial charge in [0.1, 0.15) is 35.0 Å². The molecule has 1 aromatic heterocycles. The Morgan fingerprint density at radius 3 is 2.57 bits per heavy atom. The molecule has 3 aliphatic heterocycles. The fourth-order valence-corrected chi connectivity index (χ4v) is 10.3. The first-order chi connectivity index (χ1) is 28.2. The van der Waals surface area contributed by atoms with Gasteiger partial charge in [-0.25, -0.2) is 22.0 Å². The SMILES string of the molecule is COc1ccc2c(O[C@@H]3C[C@H]4C(=O)N[C@]5(C(=O)NS(=O)(=O)C6(C)CC6)C[C@H]5C=CCC[C@H](C)C[C@@H](C)[C@H](N(C(=O)O)C(C)(C)C(F)F)C(=O)N4C3)nc3c(c2c1)CCCO3. The molecule has 18 heteroatoms. The number of allylic oxidation sites excluding steroid dienone is 1. The normalized spacial score (nSPS) is 29.2. The smallest absolute Gasteiger partial charge is 0.408 e. The number of nitrogens with zero attached hydrogens (tertiary/aromatic N) is 3. The Bertz CT molecular complexity index is 2200. The molecule has 15 nitrogen and oxygen atoms in total. The van der Waals surface area contributed by atoms with Gasteiger partial charge in [-0.1, -0.05) is 26.0 Å². The predicted molar refractivity (Wildman–Crippen MR) is 215 cm³/mol. The maximum atomic E-state index is 15.1. The molecule has 0 radical (unpaired) electrons. The number of aromatic nitrogens is 1. The summed E-state index contributed by atoms with van der Waals surface area (Å²) in [4.78, 5) is 63.3. The molecule has 1 saturated heterocycles. The highest BCUT2D eigenvalue weighted by Crippen LogP contribution is 2.48. The molecule has 328 valence electrons. The van der Waals surface area contributed by atoms with Gasteiger partial charge in [-0.15, -0.1) is 0 Å². The molecule has 3 N–H and O–H groups in total. The Labute approximate surface area is 348 Å². The highest BCUT2D eigenvalue weighted by Gasteiger charge is 2.63. The summed E-state index contributed by atoms with van der Waals surface area (Å²) in [6.07, 6.45) is 1.34. The second-order valence-corrected chi connectivity index (χ2v) is 20.3. The zero-order valence-electron chi connectivity index (χ0n) is 34.8. The fourth-order valence-electron chi connectivity index (χ4n) is 9.02. The van der Waals surface area contributed by atoms with Crippen molar-refractivity contribution in [3.05, 3.63) is 35.9 Å². The Morgan fingerprint density at radius 2 is 1.90 bits per heavy atom. The standard InChI is InChI=1S/C42H55F2N5O10S/c1-23-10-7-8-11-25-21-42(25,38(52)47-60(55,56)41(5)15-16-41)46-33(50)31-20-27(22-48(31)36(51)32(24(2)18-23)49(39(53)54)40(3,4)37(43)44)59-35-29-14-13-26(57-6)19-30(29)28-12-9-17-58-34(28)45-35/h8,11,13-14,19,23-25,27,31-32,37H,7,9-10,12,15-18,20-22H2,1-6H3,(H,46,50)(H,47,52)(H,53,54)/t23-,24+,25+,27+,31-,32-,42+/m0/s1. The van der Waals surface area contributed by atoms with Crippen molar-refractivity contribution in [1.82, 2.24) is 24.8 Å². The number of hydrogen-bond donors (Lipinski definition) is 3. The number of carbonyl (C=O) groups is 4. The molecule has 5 aliphatic rings. The summed E-state index contributed by atoms with van der Waals surface area (Å²) in [5.74, 6) is -2.92. The van der Waals surface area contributed by atoms with E-state index >= 15 is 4.79 Å². The summed E-state index contributed by atoms with van der Waals surface area (Å²) in [6, 6.07) is 2.34. The van der Waals surface area contributed by atoms with Gasteiger partial charge < -0.3 is 29.5 Å². The number of aryl methyl sites for hydroxylation is 1. The lowest BCUT2D eigenvalue weighted by molar-refractivity contribution is -0.149. The number of benzene rings is 1. The molecule has 60 heavy (non-hydrogen) atoms. The van der Waals surface area contributed by atoms with Crippen LogP contribution in [0.1, 0.15) is 91.5 Å². The van der Waals surface area contributed by atoms with Crippen LogP contribution < -0.4 is 24.2 Å². The van der Waals surface area contributed by atoms with Crippen molar-refractivity contribution < 1.29 is 55.7 Å². The number of alkyl halides is 2. The van der Waals surface area contributed by atoms with Crippen LogP contribution in [-0.4, -0.2) is 113 Å². The van der Waals surface area contributed by atoms with Crippen LogP contribution in [0.15, 0.2) is 30.4 Å². The Hall–Kier alpha value is -4.74. The minimum absolute atomic E-state index is 0.0903. The summed E-state index contributed by atoms with van der Waals surface area (Å²) in [5.41, 5.74) is -3.12. The summed E-state index contributed by atoms with van der Waals surface area (Å²) >= 11 is 0. The highest BCUT2D eigenvalue weighted by molar-refractivity contribution is 7.91. The monoisotopic (exact) mass is 859 g/mol. The zero-order valence-corrected chi connectivity index (χ0v) is 35.7. The zero-order chi connectivity index (χ0) is 43.5. The van der Waals surface area contributed by atoms with Crippen LogP contribution in [0.3, 0.4) is 0 Å². The lowest BCUT2D eigenvalue weighted by atomic mass is 9.85. The van der Waals surface area contributed by atoms with Gasteiger partial charge in [0.2, 0.25) is 33.6 Å². The molecule has 0 bridgehead atoms. The molecule has 2 aliphatic carbocycles. The molecule has 7 atom stereocenters. The number of amides is 4. The Balaban J connectivity index is 1.30. The molecule has 7 rings (SSSR count). The van der Waals surface area contributed by atoms with Crippen LogP contribution >= 0.6 is 0 Å². The van der Waals surface area contributed by atoms with E-state index in [0.717, 1.165) is 36.1 Å². The molecule has 1 aromatic carbocycles. The Morgan fingerprint density at radius 1 is 1.17 bits per heavy atom. The number of carboxylic acid groups (broad SMARTS) is 1. The van der Waals surface area contributed by atoms with Crippen molar-refractivity contribution in [3.63, 3.8) is 0 Å². The number of halogens is 2. The van der Waals surface area contributed by atoms with Crippen LogP contribution in [0.4, 0.5) is 13.6 Å². The van der Waals surface area contributed by atoms with E-state index in [9.17, 15) is 36.7 Å². The van der Waals surface area contributed by atoms with E-state index in [1.165, 1.54) is 0 Å². The fraction of sp³-hybridized carbons (Fsp3) is 0.643. The summed E-state index contributed by atoms with van der Waals surface area (Å²) < 4.78 is 75.1. The number of sulfonamides is 1. The summed E-state index contributed by atoms with van der Waals surface area (Å²) in [7, 11) is -2.55. The largest absolute Gasteiger partial charge is 0.497 e. The molecule has 0 spiro atoms. The van der Waals surface area contributed by atoms with Gasteiger partial charge in [-0.2, -0.15) is 4.98 Å². The minimum Gasteiger partial charge on any atom is -0.497 e. The first-order valence-corrected chi connectivity index (χ1v) is 22.2. The second kappa shape index (κ2) is 15.9. The summed E-state index contributed by atoms with van der Waals surface area (Å²) in [5, 5.41) is 14.8. The van der Waals surface area contributed by atoms with E-state index in [1.54, 1.807) is 39.2 Å². The number of hydrogen-bond acceptors (Lipinski definition) is 10. The topological polar surface area (TPSA) is 194 Å². The molecule has 4 heterocycles. The van der Waals surface area contributed by atoms with E-state index in [1.807, 2.05) is 19.1 Å². The van der Waals surface area contributed by atoms with Crippen molar-refractivity contribution in [1.29, 1.82) is 0 Å². The molecule has 3 fully saturated rings. The van der Waals surface area contributed by atoms with Crippen molar-refractivity contribution in [2.24, 2.45) is 17.8 Å². The van der Waals surface area contributed by atoms with Gasteiger partial charge in [0.25, 0.3) is 12.3 Å². The van der Waals surface area contributed by atoms with Gasteiger partial charge >= 0.3 is 6.09 Å². The summed E-state index contributed by atoms with van der Waals surface area (Å²) in [6.45, 7) is 7.40.